The van der Waals surface area contributed by atoms with Crippen molar-refractivity contribution in [1.82, 2.24) is 20.3 Å². The molecule has 1 N–H and O–H groups in total. The molecule has 6 nitrogen and oxygen atoms in total. The summed E-state index contributed by atoms with van der Waals surface area (Å²) >= 11 is 1.42. The number of aromatic nitrogens is 3. The molecule has 1 aromatic rings. The van der Waals surface area contributed by atoms with E-state index in [1.54, 1.807) is 10.9 Å². The topological polar surface area (TPSA) is 78.9 Å². The molecule has 0 spiro atoms. The molecular weight excluding hydrogens is 212 g/mol. The molecule has 0 atom stereocenters. The molecule has 0 bridgehead atoms. The molecule has 0 unspecified atom stereocenters. The van der Waals surface area contributed by atoms with Gasteiger partial charge in [-0.3, -0.25) is 15.0 Å². The highest BCUT2D eigenvalue weighted by Gasteiger charge is 1.94. The van der Waals surface area contributed by atoms with Crippen LogP contribution in [0, 0.1) is 11.5 Å². The first-order valence-electron chi connectivity index (χ1n) is 4.44. The average molecular weight is 224 g/mol. The van der Waals surface area contributed by atoms with Gasteiger partial charge in [0.25, 0.3) is 0 Å². The summed E-state index contributed by atoms with van der Waals surface area (Å²) in [5, 5.41) is 19.1. The van der Waals surface area contributed by atoms with Crippen LogP contribution >= 0.6 is 11.8 Å². The van der Waals surface area contributed by atoms with Crippen molar-refractivity contribution in [2.75, 3.05) is 12.8 Å². The highest BCUT2D eigenvalue weighted by molar-refractivity contribution is 8.13. The zero-order valence-corrected chi connectivity index (χ0v) is 9.24. The summed E-state index contributed by atoms with van der Waals surface area (Å²) in [6.45, 7) is 1.46. The Morgan fingerprint density at radius 3 is 3.20 bits per heavy atom. The Morgan fingerprint density at radius 1 is 1.73 bits per heavy atom. The van der Waals surface area contributed by atoms with Crippen LogP contribution in [0.4, 0.5) is 0 Å². The SMILES string of the molecule is CSC(=NCCCn1ccnn1)NC#N. The number of rotatable bonds is 4. The van der Waals surface area contributed by atoms with Crippen molar-refractivity contribution in [2.45, 2.75) is 13.0 Å². The molecule has 0 aliphatic rings. The highest BCUT2D eigenvalue weighted by atomic mass is 32.2. The maximum Gasteiger partial charge on any atom is 0.183 e. The van der Waals surface area contributed by atoms with Gasteiger partial charge in [-0.1, -0.05) is 17.0 Å². The molecule has 1 aromatic heterocycles. The zero-order chi connectivity index (χ0) is 10.9. The van der Waals surface area contributed by atoms with E-state index < -0.39 is 0 Å². The fraction of sp³-hybridized carbons (Fsp3) is 0.500. The second-order valence-electron chi connectivity index (χ2n) is 2.65. The maximum atomic E-state index is 8.40. The minimum absolute atomic E-state index is 0.649. The van der Waals surface area contributed by atoms with Crippen LogP contribution in [0.2, 0.25) is 0 Å². The molecule has 1 heterocycles. The summed E-state index contributed by atoms with van der Waals surface area (Å²) in [5.74, 6) is 0. The van der Waals surface area contributed by atoms with Gasteiger partial charge in [0.2, 0.25) is 0 Å². The van der Waals surface area contributed by atoms with Crippen LogP contribution in [-0.2, 0) is 6.54 Å². The second kappa shape index (κ2) is 6.84. The summed E-state index contributed by atoms with van der Waals surface area (Å²) < 4.78 is 1.76. The van der Waals surface area contributed by atoms with Crippen molar-refractivity contribution in [3.63, 3.8) is 0 Å². The lowest BCUT2D eigenvalue weighted by Crippen LogP contribution is -2.14. The fourth-order valence-corrected chi connectivity index (χ4v) is 1.34. The number of hydrogen-bond donors (Lipinski definition) is 1. The molecular formula is C8H12N6S. The van der Waals surface area contributed by atoms with E-state index in [0.29, 0.717) is 11.7 Å². The van der Waals surface area contributed by atoms with Crippen molar-refractivity contribution < 1.29 is 0 Å². The standard InChI is InChI=1S/C8H12N6S/c1-15-8(11-7-9)10-3-2-5-14-6-4-12-13-14/h4,6H,2-3,5H2,1H3,(H,10,11). The molecule has 0 fully saturated rings. The summed E-state index contributed by atoms with van der Waals surface area (Å²) in [6, 6.07) is 0. The van der Waals surface area contributed by atoms with E-state index in [-0.39, 0.29) is 0 Å². The van der Waals surface area contributed by atoms with Gasteiger partial charge in [0.1, 0.15) is 0 Å². The lowest BCUT2D eigenvalue weighted by Gasteiger charge is -2.00. The maximum absolute atomic E-state index is 8.40. The van der Waals surface area contributed by atoms with Crippen LogP contribution in [0.5, 0.6) is 0 Å². The van der Waals surface area contributed by atoms with E-state index >= 15 is 0 Å². The summed E-state index contributed by atoms with van der Waals surface area (Å²) in [4.78, 5) is 4.22. The van der Waals surface area contributed by atoms with Gasteiger partial charge in [0, 0.05) is 19.3 Å². The molecule has 1 rings (SSSR count). The van der Waals surface area contributed by atoms with Crippen molar-refractivity contribution >= 4 is 16.9 Å². The van der Waals surface area contributed by atoms with Gasteiger partial charge < -0.3 is 0 Å². The Labute approximate surface area is 92.4 Å². The second-order valence-corrected chi connectivity index (χ2v) is 3.44. The Kier molecular flexibility index (Phi) is 5.25. The molecule has 0 aliphatic heterocycles. The summed E-state index contributed by atoms with van der Waals surface area (Å²) in [6.07, 6.45) is 8.05. The van der Waals surface area contributed by atoms with Crippen LogP contribution in [-0.4, -0.2) is 33.0 Å². The Balaban J connectivity index is 2.23. The monoisotopic (exact) mass is 224 g/mol. The Bertz CT molecular complexity index is 339. The lowest BCUT2D eigenvalue weighted by atomic mass is 10.4. The van der Waals surface area contributed by atoms with Crippen LogP contribution in [0.25, 0.3) is 0 Å². The van der Waals surface area contributed by atoms with Crippen molar-refractivity contribution in [1.29, 1.82) is 5.26 Å². The third-order valence-electron chi connectivity index (χ3n) is 1.63. The molecule has 0 radical (unpaired) electrons. The van der Waals surface area contributed by atoms with Crippen LogP contribution in [0.1, 0.15) is 6.42 Å². The Morgan fingerprint density at radius 2 is 2.60 bits per heavy atom. The van der Waals surface area contributed by atoms with E-state index in [4.69, 9.17) is 5.26 Å². The lowest BCUT2D eigenvalue weighted by molar-refractivity contribution is 0.564. The van der Waals surface area contributed by atoms with Gasteiger partial charge in [-0.05, 0) is 12.7 Å². The number of aliphatic imine (C=N–C) groups is 1. The summed E-state index contributed by atoms with van der Waals surface area (Å²) in [7, 11) is 0. The van der Waals surface area contributed by atoms with Gasteiger partial charge in [-0.15, -0.1) is 5.10 Å². The van der Waals surface area contributed by atoms with Gasteiger partial charge in [-0.2, -0.15) is 5.26 Å². The first kappa shape index (κ1) is 11.5. The first-order chi connectivity index (χ1) is 7.36. The molecule has 0 amide bonds. The van der Waals surface area contributed by atoms with E-state index in [9.17, 15) is 0 Å². The third kappa shape index (κ3) is 4.46. The predicted molar refractivity (Wildman–Crippen MR) is 59.2 cm³/mol. The highest BCUT2D eigenvalue weighted by Crippen LogP contribution is 1.96. The van der Waals surface area contributed by atoms with E-state index in [2.05, 4.69) is 20.6 Å². The average Bonchev–Trinajstić information content (AvgIpc) is 2.75. The van der Waals surface area contributed by atoms with E-state index in [1.807, 2.05) is 18.6 Å². The molecule has 15 heavy (non-hydrogen) atoms. The molecule has 0 aliphatic carbocycles. The molecule has 80 valence electrons. The molecule has 0 saturated carbocycles. The molecule has 0 saturated heterocycles. The number of hydrogen-bond acceptors (Lipinski definition) is 5. The van der Waals surface area contributed by atoms with Crippen LogP contribution < -0.4 is 5.32 Å². The van der Waals surface area contributed by atoms with E-state index in [1.165, 1.54) is 11.8 Å². The number of thioether (sulfide) groups is 1. The largest absolute Gasteiger partial charge is 0.272 e. The number of nitrogens with zero attached hydrogens (tertiary/aromatic N) is 5. The van der Waals surface area contributed by atoms with Gasteiger partial charge in [0.05, 0.1) is 6.20 Å². The third-order valence-corrected chi connectivity index (χ3v) is 2.25. The molecule has 0 aromatic carbocycles. The quantitative estimate of drug-likeness (QED) is 0.264. The van der Waals surface area contributed by atoms with Crippen molar-refractivity contribution in [3.8, 4) is 6.19 Å². The Hall–Kier alpha value is -1.55. The zero-order valence-electron chi connectivity index (χ0n) is 8.42. The normalized spacial score (nSPS) is 11.1. The van der Waals surface area contributed by atoms with E-state index in [0.717, 1.165) is 13.0 Å². The van der Waals surface area contributed by atoms with Gasteiger partial charge in [0.15, 0.2) is 11.4 Å². The van der Waals surface area contributed by atoms with Crippen molar-refractivity contribution in [2.24, 2.45) is 4.99 Å². The van der Waals surface area contributed by atoms with Crippen LogP contribution in [0.3, 0.4) is 0 Å². The minimum Gasteiger partial charge on any atom is -0.272 e. The number of amidine groups is 1. The number of aryl methyl sites for hydroxylation is 1. The van der Waals surface area contributed by atoms with Gasteiger partial charge >= 0.3 is 0 Å². The number of nitrogens with one attached hydrogen (secondary N) is 1. The number of nitriles is 1. The van der Waals surface area contributed by atoms with Gasteiger partial charge in [-0.25, -0.2) is 0 Å². The predicted octanol–water partition coefficient (Wildman–Crippen LogP) is 0.458. The molecule has 7 heteroatoms. The minimum atomic E-state index is 0.649. The first-order valence-corrected chi connectivity index (χ1v) is 5.67. The van der Waals surface area contributed by atoms with Crippen molar-refractivity contribution in [3.05, 3.63) is 12.4 Å². The smallest absolute Gasteiger partial charge is 0.183 e. The van der Waals surface area contributed by atoms with Crippen LogP contribution in [0.15, 0.2) is 17.4 Å². The summed E-state index contributed by atoms with van der Waals surface area (Å²) in [5.41, 5.74) is 0. The fourth-order valence-electron chi connectivity index (χ4n) is 0.968.